The van der Waals surface area contributed by atoms with Crippen molar-refractivity contribution in [3.8, 4) is 22.8 Å². The largest absolute Gasteiger partial charge is 0.411 e. The van der Waals surface area contributed by atoms with E-state index in [1.807, 2.05) is 31.2 Å². The van der Waals surface area contributed by atoms with Crippen molar-refractivity contribution >= 4 is 17.4 Å². The molecular formula is C20H13FN6OS. The van der Waals surface area contributed by atoms with E-state index in [9.17, 15) is 4.39 Å². The second-order valence-corrected chi connectivity index (χ2v) is 7.21. The normalized spacial score (nSPS) is 11.2. The first-order chi connectivity index (χ1) is 14.2. The molecule has 3 aromatic heterocycles. The molecule has 0 fully saturated rings. The zero-order valence-electron chi connectivity index (χ0n) is 15.2. The summed E-state index contributed by atoms with van der Waals surface area (Å²) in [6.45, 7) is 1.98. The number of benzene rings is 2. The molecule has 7 nitrogen and oxygen atoms in total. The molecule has 0 N–H and O–H groups in total. The number of rotatable bonds is 4. The summed E-state index contributed by atoms with van der Waals surface area (Å²) in [6.07, 6.45) is 0. The van der Waals surface area contributed by atoms with Gasteiger partial charge in [-0.05, 0) is 54.6 Å². The van der Waals surface area contributed by atoms with Crippen LogP contribution in [-0.2, 0) is 0 Å². The lowest BCUT2D eigenvalue weighted by atomic mass is 10.1. The standard InChI is InChI=1S/C20H13FN6OS/c1-12-6-2-3-7-13(12)19-24-25-20(28-19)29-17-11-10-16-22-23-18(27(16)26-17)14-8-4-5-9-15(14)21/h2-11H,1H3. The fraction of sp³-hybridized carbons (Fsp3) is 0.0500. The van der Waals surface area contributed by atoms with Crippen LogP contribution in [0.2, 0.25) is 0 Å². The lowest BCUT2D eigenvalue weighted by Crippen LogP contribution is -1.97. The maximum atomic E-state index is 14.2. The Morgan fingerprint density at radius 3 is 2.48 bits per heavy atom. The predicted octanol–water partition coefficient (Wildman–Crippen LogP) is 4.44. The lowest BCUT2D eigenvalue weighted by Gasteiger charge is -2.02. The number of nitrogens with zero attached hydrogens (tertiary/aromatic N) is 6. The minimum atomic E-state index is -0.388. The van der Waals surface area contributed by atoms with Crippen LogP contribution in [0.4, 0.5) is 4.39 Å². The monoisotopic (exact) mass is 404 g/mol. The Kier molecular flexibility index (Phi) is 4.28. The highest BCUT2D eigenvalue weighted by molar-refractivity contribution is 7.99. The van der Waals surface area contributed by atoms with E-state index in [0.717, 1.165) is 11.1 Å². The topological polar surface area (TPSA) is 82.0 Å². The first-order valence-electron chi connectivity index (χ1n) is 8.74. The van der Waals surface area contributed by atoms with Crippen molar-refractivity contribution in [1.82, 2.24) is 30.0 Å². The average molecular weight is 404 g/mol. The molecule has 0 radical (unpaired) electrons. The summed E-state index contributed by atoms with van der Waals surface area (Å²) in [7, 11) is 0. The van der Waals surface area contributed by atoms with E-state index in [2.05, 4.69) is 25.5 Å². The van der Waals surface area contributed by atoms with E-state index in [1.54, 1.807) is 30.3 Å². The molecule has 0 saturated carbocycles. The molecule has 5 aromatic rings. The molecule has 0 saturated heterocycles. The van der Waals surface area contributed by atoms with Gasteiger partial charge in [0.15, 0.2) is 11.5 Å². The highest BCUT2D eigenvalue weighted by Gasteiger charge is 2.16. The Morgan fingerprint density at radius 1 is 0.862 bits per heavy atom. The highest BCUT2D eigenvalue weighted by atomic mass is 32.2. The van der Waals surface area contributed by atoms with Crippen molar-refractivity contribution < 1.29 is 8.81 Å². The van der Waals surface area contributed by atoms with Crippen LogP contribution in [0.15, 0.2) is 75.3 Å². The van der Waals surface area contributed by atoms with Crippen molar-refractivity contribution in [3.63, 3.8) is 0 Å². The summed E-state index contributed by atoms with van der Waals surface area (Å²) in [6, 6.07) is 17.7. The van der Waals surface area contributed by atoms with E-state index in [-0.39, 0.29) is 5.82 Å². The highest BCUT2D eigenvalue weighted by Crippen LogP contribution is 2.30. The van der Waals surface area contributed by atoms with Crippen LogP contribution in [0.3, 0.4) is 0 Å². The molecule has 142 valence electrons. The van der Waals surface area contributed by atoms with E-state index in [0.29, 0.717) is 33.2 Å². The van der Waals surface area contributed by atoms with Gasteiger partial charge >= 0.3 is 0 Å². The molecule has 9 heteroatoms. The summed E-state index contributed by atoms with van der Waals surface area (Å²) >= 11 is 1.21. The Morgan fingerprint density at radius 2 is 1.66 bits per heavy atom. The van der Waals surface area contributed by atoms with Gasteiger partial charge in [-0.2, -0.15) is 9.61 Å². The Labute approximate surface area is 168 Å². The first kappa shape index (κ1) is 17.5. The maximum Gasteiger partial charge on any atom is 0.283 e. The molecule has 0 unspecified atom stereocenters. The van der Waals surface area contributed by atoms with Crippen LogP contribution in [0.1, 0.15) is 5.56 Å². The van der Waals surface area contributed by atoms with Crippen LogP contribution in [0.5, 0.6) is 0 Å². The van der Waals surface area contributed by atoms with E-state index >= 15 is 0 Å². The summed E-state index contributed by atoms with van der Waals surface area (Å²) in [4.78, 5) is 0. The number of aryl methyl sites for hydroxylation is 1. The summed E-state index contributed by atoms with van der Waals surface area (Å²) in [5.74, 6) is 0.385. The zero-order valence-corrected chi connectivity index (χ0v) is 16.0. The fourth-order valence-corrected chi connectivity index (χ4v) is 3.54. The number of halogens is 1. The molecule has 0 aliphatic carbocycles. The van der Waals surface area contributed by atoms with Crippen LogP contribution >= 0.6 is 11.8 Å². The molecular weight excluding hydrogens is 391 g/mol. The molecule has 0 aliphatic heterocycles. The van der Waals surface area contributed by atoms with Crippen molar-refractivity contribution in [3.05, 3.63) is 72.0 Å². The number of fused-ring (bicyclic) bond motifs is 1. The molecule has 0 amide bonds. The van der Waals surface area contributed by atoms with E-state index in [1.165, 1.54) is 22.3 Å². The number of aromatic nitrogens is 6. The average Bonchev–Trinajstić information content (AvgIpc) is 3.36. The number of hydrogen-bond acceptors (Lipinski definition) is 7. The van der Waals surface area contributed by atoms with Gasteiger partial charge in [-0.3, -0.25) is 0 Å². The number of hydrogen-bond donors (Lipinski definition) is 0. The smallest absolute Gasteiger partial charge is 0.283 e. The Bertz CT molecular complexity index is 1330. The van der Waals surface area contributed by atoms with Crippen LogP contribution in [0, 0.1) is 12.7 Å². The molecule has 3 heterocycles. The van der Waals surface area contributed by atoms with Gasteiger partial charge in [0.1, 0.15) is 10.8 Å². The van der Waals surface area contributed by atoms with Crippen molar-refractivity contribution in [2.45, 2.75) is 17.2 Å². The van der Waals surface area contributed by atoms with Crippen molar-refractivity contribution in [2.75, 3.05) is 0 Å². The molecule has 2 aromatic carbocycles. The third-order valence-electron chi connectivity index (χ3n) is 4.33. The Balaban J connectivity index is 1.48. The van der Waals surface area contributed by atoms with Crippen molar-refractivity contribution in [1.29, 1.82) is 0 Å². The van der Waals surface area contributed by atoms with Gasteiger partial charge in [0.25, 0.3) is 5.22 Å². The minimum absolute atomic E-state index is 0.326. The Hall–Kier alpha value is -3.59. The minimum Gasteiger partial charge on any atom is -0.411 e. The van der Waals surface area contributed by atoms with Gasteiger partial charge in [0.05, 0.1) is 5.56 Å². The van der Waals surface area contributed by atoms with Crippen molar-refractivity contribution in [2.24, 2.45) is 0 Å². The fourth-order valence-electron chi connectivity index (χ4n) is 2.90. The van der Waals surface area contributed by atoms with E-state index < -0.39 is 0 Å². The quantitative estimate of drug-likeness (QED) is 0.438. The molecule has 0 aliphatic rings. The van der Waals surface area contributed by atoms with Gasteiger partial charge in [-0.25, -0.2) is 4.39 Å². The predicted molar refractivity (Wildman–Crippen MR) is 105 cm³/mol. The molecule has 0 bridgehead atoms. The molecule has 0 atom stereocenters. The third kappa shape index (κ3) is 3.25. The molecule has 29 heavy (non-hydrogen) atoms. The van der Waals surface area contributed by atoms with Gasteiger partial charge in [0.2, 0.25) is 5.89 Å². The molecule has 5 rings (SSSR count). The first-order valence-corrected chi connectivity index (χ1v) is 9.55. The summed E-state index contributed by atoms with van der Waals surface area (Å²) in [5.41, 5.74) is 2.77. The van der Waals surface area contributed by atoms with Crippen LogP contribution in [0.25, 0.3) is 28.5 Å². The van der Waals surface area contributed by atoms with Gasteiger partial charge in [-0.1, -0.05) is 30.3 Å². The van der Waals surface area contributed by atoms with Gasteiger partial charge in [-0.15, -0.1) is 20.4 Å². The van der Waals surface area contributed by atoms with Gasteiger partial charge in [0, 0.05) is 5.56 Å². The zero-order chi connectivity index (χ0) is 19.8. The van der Waals surface area contributed by atoms with Gasteiger partial charge < -0.3 is 4.42 Å². The summed E-state index contributed by atoms with van der Waals surface area (Å²) < 4.78 is 21.5. The maximum absolute atomic E-state index is 14.2. The third-order valence-corrected chi connectivity index (χ3v) is 5.09. The molecule has 0 spiro atoms. The SMILES string of the molecule is Cc1ccccc1-c1nnc(Sc2ccc3nnc(-c4ccccc4F)n3n2)o1. The van der Waals surface area contributed by atoms with Crippen LogP contribution in [-0.4, -0.2) is 30.0 Å². The second kappa shape index (κ2) is 7.10. The lowest BCUT2D eigenvalue weighted by molar-refractivity contribution is 0.465. The van der Waals surface area contributed by atoms with E-state index in [4.69, 9.17) is 4.42 Å². The second-order valence-electron chi connectivity index (χ2n) is 6.24. The van der Waals surface area contributed by atoms with Crippen LogP contribution < -0.4 is 0 Å². The summed E-state index contributed by atoms with van der Waals surface area (Å²) in [5, 5.41) is 21.8.